The molecule has 0 saturated heterocycles. The Labute approximate surface area is 115 Å². The monoisotopic (exact) mass is 240 g/mol. The first kappa shape index (κ1) is 13.1. The van der Waals surface area contributed by atoms with Gasteiger partial charge in [0.1, 0.15) is 0 Å². The molecule has 0 N–H and O–H groups in total. The molecule has 0 aromatic carbocycles. The molecule has 0 bridgehead atoms. The highest BCUT2D eigenvalue weighted by Gasteiger charge is 2.54. The Hall–Kier alpha value is 0.130. The molecular formula is C16H26B2. The highest BCUT2D eigenvalue weighted by atomic mass is 14.6. The molecule has 4 atom stereocenters. The molecule has 3 fully saturated rings. The molecule has 0 spiro atoms. The first-order chi connectivity index (χ1) is 8.65. The van der Waals surface area contributed by atoms with Crippen molar-refractivity contribution in [1.82, 2.24) is 0 Å². The van der Waals surface area contributed by atoms with Crippen LogP contribution in [0.2, 0.25) is 5.21 Å². The molecule has 18 heavy (non-hydrogen) atoms. The van der Waals surface area contributed by atoms with E-state index in [-0.39, 0.29) is 0 Å². The molecule has 0 aromatic rings. The van der Waals surface area contributed by atoms with E-state index < -0.39 is 5.21 Å². The molecule has 3 aliphatic carbocycles. The maximum absolute atomic E-state index is 6.51. The molecule has 3 rings (SSSR count). The first-order valence-corrected chi connectivity index (χ1v) is 8.23. The van der Waals surface area contributed by atoms with Gasteiger partial charge in [-0.15, -0.1) is 0 Å². The van der Waals surface area contributed by atoms with Gasteiger partial charge in [-0.1, -0.05) is 44.2 Å². The molecule has 4 radical (unpaired) electrons. The van der Waals surface area contributed by atoms with Gasteiger partial charge >= 0.3 is 0 Å². The van der Waals surface area contributed by atoms with Crippen molar-refractivity contribution in [3.05, 3.63) is 0 Å². The second kappa shape index (κ2) is 4.91. The van der Waals surface area contributed by atoms with Gasteiger partial charge in [-0.05, 0) is 55.3 Å². The van der Waals surface area contributed by atoms with Crippen molar-refractivity contribution in [2.45, 2.75) is 69.9 Å². The third kappa shape index (κ3) is 1.98. The molecule has 4 unspecified atom stereocenters. The van der Waals surface area contributed by atoms with Crippen LogP contribution in [-0.4, -0.2) is 15.7 Å². The molecular weight excluding hydrogens is 214 g/mol. The van der Waals surface area contributed by atoms with Crippen LogP contribution in [0, 0.1) is 29.6 Å². The second-order valence-corrected chi connectivity index (χ2v) is 7.22. The van der Waals surface area contributed by atoms with Crippen LogP contribution in [0.1, 0.15) is 64.7 Å². The third-order valence-electron chi connectivity index (χ3n) is 6.46. The lowest BCUT2D eigenvalue weighted by Gasteiger charge is -2.42. The minimum absolute atomic E-state index is 0.406. The summed E-state index contributed by atoms with van der Waals surface area (Å²) < 4.78 is 0. The van der Waals surface area contributed by atoms with Gasteiger partial charge in [-0.3, -0.25) is 0 Å². The fourth-order valence-electron chi connectivity index (χ4n) is 5.68. The van der Waals surface area contributed by atoms with Crippen molar-refractivity contribution in [2.24, 2.45) is 29.6 Å². The lowest BCUT2D eigenvalue weighted by atomic mass is 9.43. The largest absolute Gasteiger partial charge is 0.0960 e. The Kier molecular flexibility index (Phi) is 3.58. The van der Waals surface area contributed by atoms with Gasteiger partial charge in [0, 0.05) is 0 Å². The normalized spacial score (nSPS) is 44.4. The van der Waals surface area contributed by atoms with Crippen molar-refractivity contribution in [3.8, 4) is 0 Å². The maximum Gasteiger partial charge on any atom is 0.0624 e. The topological polar surface area (TPSA) is 0 Å². The summed E-state index contributed by atoms with van der Waals surface area (Å²) in [7, 11) is 13.0. The Morgan fingerprint density at radius 1 is 0.778 bits per heavy atom. The van der Waals surface area contributed by atoms with Gasteiger partial charge in [0.2, 0.25) is 0 Å². The number of hydrogen-bond donors (Lipinski definition) is 0. The van der Waals surface area contributed by atoms with Crippen LogP contribution in [0.4, 0.5) is 0 Å². The maximum atomic E-state index is 6.51. The van der Waals surface area contributed by atoms with E-state index >= 15 is 0 Å². The van der Waals surface area contributed by atoms with E-state index in [1.165, 1.54) is 51.4 Å². The average Bonchev–Trinajstić information content (AvgIpc) is 2.74. The van der Waals surface area contributed by atoms with E-state index in [9.17, 15) is 0 Å². The number of hydrogen-bond acceptors (Lipinski definition) is 0. The quantitative estimate of drug-likeness (QED) is 0.637. The summed E-state index contributed by atoms with van der Waals surface area (Å²) in [5.74, 6) is 4.24. The van der Waals surface area contributed by atoms with Gasteiger partial charge in [-0.2, -0.15) is 0 Å². The Morgan fingerprint density at radius 3 is 1.56 bits per heavy atom. The predicted octanol–water partition coefficient (Wildman–Crippen LogP) is 4.09. The van der Waals surface area contributed by atoms with Crippen molar-refractivity contribution >= 4 is 15.7 Å². The molecule has 3 saturated carbocycles. The van der Waals surface area contributed by atoms with Crippen molar-refractivity contribution < 1.29 is 0 Å². The lowest BCUT2D eigenvalue weighted by molar-refractivity contribution is 0.184. The molecule has 0 aliphatic heterocycles. The van der Waals surface area contributed by atoms with Gasteiger partial charge < -0.3 is 0 Å². The lowest BCUT2D eigenvalue weighted by Crippen LogP contribution is -2.34. The predicted molar refractivity (Wildman–Crippen MR) is 78.9 cm³/mol. The zero-order chi connectivity index (χ0) is 12.8. The van der Waals surface area contributed by atoms with E-state index in [2.05, 4.69) is 6.92 Å². The molecule has 3 aliphatic rings. The number of fused-ring (bicyclic) bond motifs is 3. The zero-order valence-corrected chi connectivity index (χ0v) is 11.9. The van der Waals surface area contributed by atoms with Crippen LogP contribution < -0.4 is 0 Å². The van der Waals surface area contributed by atoms with E-state index in [0.29, 0.717) is 5.92 Å². The highest BCUT2D eigenvalue weighted by molar-refractivity contribution is 6.40. The van der Waals surface area contributed by atoms with Crippen molar-refractivity contribution in [3.63, 3.8) is 0 Å². The summed E-state index contributed by atoms with van der Waals surface area (Å²) in [6, 6.07) is 0. The van der Waals surface area contributed by atoms with Crippen LogP contribution in [0.25, 0.3) is 0 Å². The fourth-order valence-corrected chi connectivity index (χ4v) is 5.68. The van der Waals surface area contributed by atoms with Crippen molar-refractivity contribution in [2.75, 3.05) is 0 Å². The van der Waals surface area contributed by atoms with Crippen LogP contribution in [0.15, 0.2) is 0 Å². The van der Waals surface area contributed by atoms with E-state index in [4.69, 9.17) is 15.7 Å². The molecule has 96 valence electrons. The Bertz CT molecular complexity index is 277. The molecule has 0 aromatic heterocycles. The zero-order valence-electron chi connectivity index (χ0n) is 11.9. The Morgan fingerprint density at radius 2 is 1.17 bits per heavy atom. The summed E-state index contributed by atoms with van der Waals surface area (Å²) in [6.45, 7) is 2.17. The van der Waals surface area contributed by atoms with E-state index in [1.54, 1.807) is 0 Å². The van der Waals surface area contributed by atoms with Crippen molar-refractivity contribution in [1.29, 1.82) is 0 Å². The van der Waals surface area contributed by atoms with Gasteiger partial charge in [0.05, 0.1) is 15.7 Å². The first-order valence-electron chi connectivity index (χ1n) is 8.23. The van der Waals surface area contributed by atoms with Gasteiger partial charge in [0.15, 0.2) is 0 Å². The summed E-state index contributed by atoms with van der Waals surface area (Å²) >= 11 is 0. The van der Waals surface area contributed by atoms with E-state index in [0.717, 1.165) is 30.1 Å². The summed E-state index contributed by atoms with van der Waals surface area (Å²) in [4.78, 5) is 0. The van der Waals surface area contributed by atoms with Crippen LogP contribution in [0.3, 0.4) is 0 Å². The standard InChI is InChI=1S/C16H26B2/c1-2-16(17,18)15-13-9-5-3-7-11(13)12-8-4-6-10-14(12)15/h11-15H,2-10H2,1H3. The summed E-state index contributed by atoms with van der Waals surface area (Å²) in [6.07, 6.45) is 12.4. The fraction of sp³-hybridized carbons (Fsp3) is 1.00. The highest BCUT2D eigenvalue weighted by Crippen LogP contribution is 2.62. The molecule has 0 heterocycles. The second-order valence-electron chi connectivity index (χ2n) is 7.22. The molecule has 0 nitrogen and oxygen atoms in total. The van der Waals surface area contributed by atoms with Gasteiger partial charge in [-0.25, -0.2) is 0 Å². The minimum Gasteiger partial charge on any atom is -0.0960 e. The smallest absolute Gasteiger partial charge is 0.0624 e. The molecule has 2 heteroatoms. The van der Waals surface area contributed by atoms with Crippen LogP contribution in [-0.2, 0) is 0 Å². The SMILES string of the molecule is [B]C([B])(CC)C1C2CCCCC2C2CCCCC21. The van der Waals surface area contributed by atoms with E-state index in [1.807, 2.05) is 0 Å². The average molecular weight is 240 g/mol. The number of rotatable bonds is 2. The van der Waals surface area contributed by atoms with Crippen LogP contribution >= 0.6 is 0 Å². The molecule has 0 amide bonds. The van der Waals surface area contributed by atoms with Crippen LogP contribution in [0.5, 0.6) is 0 Å². The third-order valence-corrected chi connectivity index (χ3v) is 6.46. The minimum atomic E-state index is -0.406. The summed E-state index contributed by atoms with van der Waals surface area (Å²) in [5, 5.41) is -0.406. The summed E-state index contributed by atoms with van der Waals surface area (Å²) in [5.41, 5.74) is 0. The Balaban J connectivity index is 1.90. The van der Waals surface area contributed by atoms with Gasteiger partial charge in [0.25, 0.3) is 0 Å².